The number of likely N-dealkylation sites (N-methyl/N-ethyl adjacent to an activating group) is 1. The molecule has 2 saturated heterocycles. The molecule has 0 spiro atoms. The number of amides is 1. The predicted molar refractivity (Wildman–Crippen MR) is 218 cm³/mol. The van der Waals surface area contributed by atoms with Crippen molar-refractivity contribution in [2.24, 2.45) is 23.7 Å². The number of carbonyl (C=O) groups is 1. The Morgan fingerprint density at radius 3 is 2.58 bits per heavy atom. The number of hydrogen-bond donors (Lipinski definition) is 1. The normalized spacial score (nSPS) is 33.0. The number of piperidine rings is 1. The molecule has 2 bridgehead atoms. The number of carbonyl (C=O) groups excluding carboxylic acids is 1. The molecule has 8 unspecified atom stereocenters. The van der Waals surface area contributed by atoms with Crippen molar-refractivity contribution >= 4 is 34.0 Å². The number of aryl methyl sites for hydroxylation is 1. The number of allylic oxidation sites excluding steroid dienone is 1. The molecule has 0 aromatic heterocycles. The fourth-order valence-electron chi connectivity index (χ4n) is 9.05. The molecule has 2 aromatic carbocycles. The lowest BCUT2D eigenvalue weighted by Crippen LogP contribution is -2.59. The summed E-state index contributed by atoms with van der Waals surface area (Å²) in [6.45, 7) is 12.9. The molecule has 292 valence electrons. The molecule has 1 aliphatic carbocycles. The van der Waals surface area contributed by atoms with Crippen LogP contribution >= 0.6 is 22.3 Å². The number of ether oxygens (including phenoxy) is 1. The second kappa shape index (κ2) is 18.1. The van der Waals surface area contributed by atoms with Crippen LogP contribution in [0.1, 0.15) is 86.7 Å². The first-order valence-electron chi connectivity index (χ1n) is 19.9. The second-order valence-electron chi connectivity index (χ2n) is 16.5. The molecule has 1 amide bonds. The number of piperazine rings is 1. The minimum Gasteiger partial charge on any atom is -0.493 e. The molecular weight excluding hydrogens is 710 g/mol. The fourth-order valence-corrected chi connectivity index (χ4v) is 10.5. The molecular formula is C43H61ClF2N4O2S. The standard InChI is InChI=1S/C43H61ClF2N4O2S/c1-6-8-33-23-37(44)14-18-40(33)36-26-48(4)25-35-13-17-41(35)34(27-49-21-22-50-20-19-43(45,46)24-38(50)28-49)10-7-9-30(2)31(3)53(5)47-42(51)32-11-15-39(16-12-32)52-29-36/h7,10-12,14-16,18,23,30-31,34-36,38,41H,5-6,8-9,13,17,19-22,24-29H2,1-4H3,(H,47,51)/b10-7+. The van der Waals surface area contributed by atoms with Crippen LogP contribution in [0.25, 0.3) is 0 Å². The van der Waals surface area contributed by atoms with E-state index in [1.165, 1.54) is 24.0 Å². The van der Waals surface area contributed by atoms with Crippen LogP contribution in [0.5, 0.6) is 5.75 Å². The third kappa shape index (κ3) is 10.5. The smallest absolute Gasteiger partial charge is 0.260 e. The SMILES string of the molecule is C=S1NC(=O)c2ccc(cc2)OCC(c2ccc(Cl)cc2CCC)CN(C)CC2CCC2C(CN2CCN3CCC(F)(F)CC3C2)/C=C/CC(C)C1C. The zero-order valence-electron chi connectivity index (χ0n) is 32.3. The van der Waals surface area contributed by atoms with E-state index in [0.717, 1.165) is 69.3 Å². The first-order valence-corrected chi connectivity index (χ1v) is 21.8. The van der Waals surface area contributed by atoms with E-state index in [-0.39, 0.29) is 36.0 Å². The van der Waals surface area contributed by atoms with E-state index in [4.69, 9.17) is 16.3 Å². The van der Waals surface area contributed by atoms with Crippen LogP contribution in [0.4, 0.5) is 8.78 Å². The van der Waals surface area contributed by atoms with Gasteiger partial charge in [0.1, 0.15) is 5.75 Å². The first-order chi connectivity index (χ1) is 25.4. The lowest BCUT2D eigenvalue weighted by Gasteiger charge is -2.48. The number of alkyl halides is 2. The van der Waals surface area contributed by atoms with Gasteiger partial charge in [0.2, 0.25) is 0 Å². The Morgan fingerprint density at radius 2 is 1.85 bits per heavy atom. The van der Waals surface area contributed by atoms with Crippen LogP contribution in [0, 0.1) is 23.7 Å². The third-order valence-corrected chi connectivity index (χ3v) is 14.6. The Kier molecular flexibility index (Phi) is 13.8. The highest BCUT2D eigenvalue weighted by molar-refractivity contribution is 8.13. The van der Waals surface area contributed by atoms with Crippen LogP contribution in [-0.2, 0) is 6.42 Å². The van der Waals surface area contributed by atoms with E-state index in [1.54, 1.807) is 0 Å². The Labute approximate surface area is 324 Å². The molecule has 2 aromatic rings. The lowest BCUT2D eigenvalue weighted by molar-refractivity contribution is -0.0969. The van der Waals surface area contributed by atoms with Gasteiger partial charge in [-0.2, -0.15) is 0 Å². The van der Waals surface area contributed by atoms with Crippen LogP contribution < -0.4 is 9.46 Å². The van der Waals surface area contributed by atoms with Gasteiger partial charge in [-0.15, -0.1) is 0 Å². The van der Waals surface area contributed by atoms with Gasteiger partial charge in [-0.05, 0) is 104 Å². The Hall–Kier alpha value is -2.30. The first kappa shape index (κ1) is 40.4. The van der Waals surface area contributed by atoms with Gasteiger partial charge in [-0.3, -0.25) is 14.6 Å². The van der Waals surface area contributed by atoms with Crippen molar-refractivity contribution in [2.45, 2.75) is 88.8 Å². The highest BCUT2D eigenvalue weighted by atomic mass is 35.5. The van der Waals surface area contributed by atoms with Gasteiger partial charge in [0.05, 0.1) is 6.61 Å². The largest absolute Gasteiger partial charge is 0.493 e. The third-order valence-electron chi connectivity index (χ3n) is 12.6. The molecule has 3 fully saturated rings. The molecule has 4 aliphatic heterocycles. The average Bonchev–Trinajstić information content (AvgIpc) is 3.11. The molecule has 1 N–H and O–H groups in total. The fraction of sp³-hybridized carbons (Fsp3) is 0.628. The minimum absolute atomic E-state index is 0.0152. The molecule has 4 heterocycles. The number of nitrogens with zero attached hydrogens (tertiary/aromatic N) is 3. The molecule has 8 atom stereocenters. The number of rotatable bonds is 5. The maximum absolute atomic E-state index is 14.5. The predicted octanol–water partition coefficient (Wildman–Crippen LogP) is 8.77. The summed E-state index contributed by atoms with van der Waals surface area (Å²) in [4.78, 5) is 20.5. The van der Waals surface area contributed by atoms with Crippen molar-refractivity contribution in [3.63, 3.8) is 0 Å². The highest BCUT2D eigenvalue weighted by Gasteiger charge is 2.43. The summed E-state index contributed by atoms with van der Waals surface area (Å²) < 4.78 is 38.6. The van der Waals surface area contributed by atoms with Gasteiger partial charge < -0.3 is 14.4 Å². The number of fused-ring (bicyclic) bond motifs is 15. The minimum atomic E-state index is -2.56. The maximum atomic E-state index is 14.5. The summed E-state index contributed by atoms with van der Waals surface area (Å²) in [7, 11) is 1.69. The summed E-state index contributed by atoms with van der Waals surface area (Å²) in [5.74, 6) is 4.36. The zero-order chi connectivity index (χ0) is 37.7. The van der Waals surface area contributed by atoms with Crippen molar-refractivity contribution in [1.82, 2.24) is 19.4 Å². The molecule has 5 aliphatic rings. The van der Waals surface area contributed by atoms with Gasteiger partial charge in [-0.1, -0.05) is 73.6 Å². The van der Waals surface area contributed by atoms with E-state index < -0.39 is 16.6 Å². The van der Waals surface area contributed by atoms with Crippen molar-refractivity contribution in [2.75, 3.05) is 59.5 Å². The summed E-state index contributed by atoms with van der Waals surface area (Å²) >= 11 is 6.50. The molecule has 6 nitrogen and oxygen atoms in total. The van der Waals surface area contributed by atoms with Crippen LogP contribution in [-0.4, -0.2) is 103 Å². The second-order valence-corrected chi connectivity index (χ2v) is 18.7. The zero-order valence-corrected chi connectivity index (χ0v) is 33.8. The van der Waals surface area contributed by atoms with Gasteiger partial charge >= 0.3 is 0 Å². The molecule has 7 rings (SSSR count). The summed E-state index contributed by atoms with van der Waals surface area (Å²) in [5.41, 5.74) is 3.15. The van der Waals surface area contributed by atoms with Gasteiger partial charge in [0.25, 0.3) is 11.8 Å². The summed E-state index contributed by atoms with van der Waals surface area (Å²) in [6, 6.07) is 13.7. The average molecular weight is 772 g/mol. The maximum Gasteiger partial charge on any atom is 0.260 e. The molecule has 10 heteroatoms. The highest BCUT2D eigenvalue weighted by Crippen LogP contribution is 2.42. The van der Waals surface area contributed by atoms with Crippen molar-refractivity contribution in [1.29, 1.82) is 0 Å². The number of benzene rings is 2. The Bertz CT molecular complexity index is 1590. The van der Waals surface area contributed by atoms with Crippen molar-refractivity contribution in [3.05, 3.63) is 76.3 Å². The van der Waals surface area contributed by atoms with E-state index in [1.807, 2.05) is 30.3 Å². The monoisotopic (exact) mass is 770 g/mol. The van der Waals surface area contributed by atoms with Crippen molar-refractivity contribution < 1.29 is 18.3 Å². The molecule has 1 saturated carbocycles. The molecule has 53 heavy (non-hydrogen) atoms. The quantitative estimate of drug-likeness (QED) is 0.244. The van der Waals surface area contributed by atoms with Crippen LogP contribution in [0.3, 0.4) is 0 Å². The number of nitrogens with one attached hydrogen (secondary N) is 1. The summed E-state index contributed by atoms with van der Waals surface area (Å²) in [5, 5.41) is 0.958. The number of hydrogen-bond acceptors (Lipinski definition) is 5. The topological polar surface area (TPSA) is 48.1 Å². The summed E-state index contributed by atoms with van der Waals surface area (Å²) in [6.07, 6.45) is 10.1. The van der Waals surface area contributed by atoms with E-state index in [0.29, 0.717) is 42.4 Å². The Balaban J connectivity index is 1.25. The lowest BCUT2D eigenvalue weighted by atomic mass is 9.66. The van der Waals surface area contributed by atoms with E-state index >= 15 is 0 Å². The van der Waals surface area contributed by atoms with Gasteiger partial charge in [0.15, 0.2) is 0 Å². The van der Waals surface area contributed by atoms with Gasteiger partial charge in [0, 0.05) is 86.5 Å². The van der Waals surface area contributed by atoms with Gasteiger partial charge in [-0.25, -0.2) is 8.78 Å². The van der Waals surface area contributed by atoms with E-state index in [2.05, 4.69) is 77.4 Å². The Morgan fingerprint density at radius 1 is 1.06 bits per heavy atom. The molecule has 0 radical (unpaired) electrons. The van der Waals surface area contributed by atoms with Crippen LogP contribution in [0.2, 0.25) is 5.02 Å². The van der Waals surface area contributed by atoms with E-state index in [9.17, 15) is 13.6 Å². The number of halogens is 3. The van der Waals surface area contributed by atoms with Crippen LogP contribution in [0.15, 0.2) is 54.6 Å². The van der Waals surface area contributed by atoms with Crippen molar-refractivity contribution in [3.8, 4) is 5.75 Å².